The van der Waals surface area contributed by atoms with E-state index in [1.54, 1.807) is 6.92 Å². The Bertz CT molecular complexity index is 593. The summed E-state index contributed by atoms with van der Waals surface area (Å²) in [5, 5.41) is 11.0. The first kappa shape index (κ1) is 16.4. The second kappa shape index (κ2) is 7.18. The van der Waals surface area contributed by atoms with Crippen LogP contribution in [0.4, 0.5) is 5.69 Å². The second-order valence-electron chi connectivity index (χ2n) is 4.12. The van der Waals surface area contributed by atoms with Gasteiger partial charge < -0.3 is 9.47 Å². The lowest BCUT2D eigenvalue weighted by atomic mass is 10.0. The summed E-state index contributed by atoms with van der Waals surface area (Å²) < 4.78 is 9.70. The summed E-state index contributed by atoms with van der Waals surface area (Å²) in [4.78, 5) is 33.0. The summed E-state index contributed by atoms with van der Waals surface area (Å²) in [6.07, 6.45) is -0.0108. The maximum atomic E-state index is 11.5. The minimum atomic E-state index is -0.688. The number of esters is 2. The van der Waals surface area contributed by atoms with E-state index >= 15 is 0 Å². The maximum Gasteiger partial charge on any atom is 0.333 e. The van der Waals surface area contributed by atoms with Crippen LogP contribution in [-0.2, 0) is 20.7 Å². The number of nitrogens with zero attached hydrogens (tertiary/aromatic N) is 1. The minimum absolute atomic E-state index is 0.0108. The van der Waals surface area contributed by atoms with Crippen LogP contribution in [0.15, 0.2) is 30.4 Å². The number of nitro benzene ring substituents is 1. The van der Waals surface area contributed by atoms with Crippen LogP contribution in [0.2, 0.25) is 0 Å². The third kappa shape index (κ3) is 4.41. The molecule has 21 heavy (non-hydrogen) atoms. The van der Waals surface area contributed by atoms with Gasteiger partial charge in [0, 0.05) is 30.5 Å². The highest BCUT2D eigenvalue weighted by molar-refractivity contribution is 5.88. The molecule has 0 aliphatic carbocycles. The monoisotopic (exact) mass is 293 g/mol. The van der Waals surface area contributed by atoms with Crippen LogP contribution in [0.5, 0.6) is 5.75 Å². The van der Waals surface area contributed by atoms with Crippen molar-refractivity contribution >= 4 is 17.6 Å². The minimum Gasteiger partial charge on any atom is -0.463 e. The molecule has 0 amide bonds. The first-order valence-corrected chi connectivity index (χ1v) is 6.16. The molecule has 0 N–H and O–H groups in total. The lowest BCUT2D eigenvalue weighted by molar-refractivity contribution is -0.385. The van der Waals surface area contributed by atoms with Crippen molar-refractivity contribution in [2.45, 2.75) is 20.3 Å². The second-order valence-corrected chi connectivity index (χ2v) is 4.12. The molecule has 0 saturated carbocycles. The summed E-state index contributed by atoms with van der Waals surface area (Å²) >= 11 is 0. The van der Waals surface area contributed by atoms with Gasteiger partial charge in [0.2, 0.25) is 5.75 Å². The molecule has 0 heterocycles. The maximum absolute atomic E-state index is 11.5. The molecule has 0 radical (unpaired) electrons. The van der Waals surface area contributed by atoms with Crippen molar-refractivity contribution in [1.82, 2.24) is 0 Å². The molecular formula is C14H15NO6. The SMILES string of the molecule is C=C(Cc1cccc([N+](=O)[O-])c1OC(C)=O)C(=O)OCC. The smallest absolute Gasteiger partial charge is 0.333 e. The quantitative estimate of drug-likeness (QED) is 0.262. The number of hydrogen-bond donors (Lipinski definition) is 0. The largest absolute Gasteiger partial charge is 0.463 e. The van der Waals surface area contributed by atoms with Crippen molar-refractivity contribution in [3.8, 4) is 5.75 Å². The molecule has 1 aromatic rings. The van der Waals surface area contributed by atoms with E-state index in [0.717, 1.165) is 6.92 Å². The molecule has 1 aromatic carbocycles. The Morgan fingerprint density at radius 3 is 2.57 bits per heavy atom. The molecule has 1 rings (SSSR count). The summed E-state index contributed by atoms with van der Waals surface area (Å²) in [6, 6.07) is 4.18. The summed E-state index contributed by atoms with van der Waals surface area (Å²) in [7, 11) is 0. The Kier molecular flexibility index (Phi) is 5.59. The van der Waals surface area contributed by atoms with Gasteiger partial charge in [-0.25, -0.2) is 4.79 Å². The van der Waals surface area contributed by atoms with E-state index in [0.29, 0.717) is 5.56 Å². The lowest BCUT2D eigenvalue weighted by Crippen LogP contribution is -2.11. The number of ether oxygens (including phenoxy) is 2. The van der Waals surface area contributed by atoms with Crippen LogP contribution >= 0.6 is 0 Å². The molecule has 112 valence electrons. The molecule has 0 aromatic heterocycles. The number of carbonyl (C=O) groups excluding carboxylic acids is 2. The van der Waals surface area contributed by atoms with Crippen molar-refractivity contribution in [3.05, 3.63) is 46.0 Å². The van der Waals surface area contributed by atoms with E-state index < -0.39 is 16.9 Å². The average molecular weight is 293 g/mol. The van der Waals surface area contributed by atoms with Crippen LogP contribution in [-0.4, -0.2) is 23.5 Å². The zero-order valence-electron chi connectivity index (χ0n) is 11.8. The van der Waals surface area contributed by atoms with Gasteiger partial charge in [-0.3, -0.25) is 14.9 Å². The van der Waals surface area contributed by atoms with Gasteiger partial charge in [0.05, 0.1) is 11.5 Å². The highest BCUT2D eigenvalue weighted by atomic mass is 16.6. The Labute approximate surface area is 121 Å². The molecule has 0 aliphatic heterocycles. The first-order valence-electron chi connectivity index (χ1n) is 6.16. The molecule has 7 nitrogen and oxygen atoms in total. The fraction of sp³-hybridized carbons (Fsp3) is 0.286. The molecule has 0 saturated heterocycles. The van der Waals surface area contributed by atoms with Gasteiger partial charge in [-0.05, 0) is 6.92 Å². The fourth-order valence-corrected chi connectivity index (χ4v) is 1.65. The van der Waals surface area contributed by atoms with E-state index in [1.165, 1.54) is 18.2 Å². The number of hydrogen-bond acceptors (Lipinski definition) is 6. The van der Waals surface area contributed by atoms with Crippen molar-refractivity contribution in [2.24, 2.45) is 0 Å². The average Bonchev–Trinajstić information content (AvgIpc) is 2.39. The summed E-state index contributed by atoms with van der Waals surface area (Å²) in [6.45, 7) is 6.57. The third-order valence-corrected chi connectivity index (χ3v) is 2.49. The predicted molar refractivity (Wildman–Crippen MR) is 73.9 cm³/mol. The lowest BCUT2D eigenvalue weighted by Gasteiger charge is -2.10. The number of carbonyl (C=O) groups is 2. The molecule has 0 spiro atoms. The normalized spacial score (nSPS) is 9.81. The van der Waals surface area contributed by atoms with Crippen LogP contribution in [0, 0.1) is 10.1 Å². The Morgan fingerprint density at radius 1 is 1.38 bits per heavy atom. The van der Waals surface area contributed by atoms with Gasteiger partial charge in [0.15, 0.2) is 0 Å². The molecule has 0 bridgehead atoms. The van der Waals surface area contributed by atoms with Crippen molar-refractivity contribution in [1.29, 1.82) is 0 Å². The van der Waals surface area contributed by atoms with Crippen LogP contribution in [0.3, 0.4) is 0 Å². The molecule has 0 aliphatic rings. The van der Waals surface area contributed by atoms with E-state index in [-0.39, 0.29) is 30.0 Å². The van der Waals surface area contributed by atoms with Crippen LogP contribution < -0.4 is 4.74 Å². The van der Waals surface area contributed by atoms with Gasteiger partial charge in [-0.2, -0.15) is 0 Å². The zero-order chi connectivity index (χ0) is 16.0. The number of nitro groups is 1. The molecule has 0 unspecified atom stereocenters. The number of rotatable bonds is 6. The van der Waals surface area contributed by atoms with E-state index in [4.69, 9.17) is 9.47 Å². The molecule has 7 heteroatoms. The van der Waals surface area contributed by atoms with E-state index in [1.807, 2.05) is 0 Å². The molecule has 0 atom stereocenters. The summed E-state index contributed by atoms with van der Waals surface area (Å²) in [5.41, 5.74) is 0.0857. The topological polar surface area (TPSA) is 95.7 Å². The van der Waals surface area contributed by atoms with E-state index in [9.17, 15) is 19.7 Å². The van der Waals surface area contributed by atoms with E-state index in [2.05, 4.69) is 6.58 Å². The van der Waals surface area contributed by atoms with Gasteiger partial charge in [0.25, 0.3) is 0 Å². The van der Waals surface area contributed by atoms with Gasteiger partial charge in [-0.15, -0.1) is 0 Å². The van der Waals surface area contributed by atoms with Gasteiger partial charge in [-0.1, -0.05) is 18.7 Å². The van der Waals surface area contributed by atoms with Gasteiger partial charge in [0.1, 0.15) is 0 Å². The van der Waals surface area contributed by atoms with Crippen LogP contribution in [0.25, 0.3) is 0 Å². The Hall–Kier alpha value is -2.70. The summed E-state index contributed by atoms with van der Waals surface area (Å²) in [5.74, 6) is -1.47. The predicted octanol–water partition coefficient (Wildman–Crippen LogP) is 2.18. The Balaban J connectivity index is 3.14. The van der Waals surface area contributed by atoms with Crippen molar-refractivity contribution in [2.75, 3.05) is 6.61 Å². The highest BCUT2D eigenvalue weighted by Crippen LogP contribution is 2.32. The Morgan fingerprint density at radius 2 is 2.05 bits per heavy atom. The molecular weight excluding hydrogens is 278 g/mol. The van der Waals surface area contributed by atoms with Crippen molar-refractivity contribution in [3.63, 3.8) is 0 Å². The van der Waals surface area contributed by atoms with Crippen LogP contribution in [0.1, 0.15) is 19.4 Å². The standard InChI is InChI=1S/C14H15NO6/c1-4-20-14(17)9(2)8-11-6-5-7-12(15(18)19)13(11)21-10(3)16/h5-7H,2,4,8H2,1,3H3. The zero-order valence-corrected chi connectivity index (χ0v) is 11.8. The number of para-hydroxylation sites is 1. The van der Waals surface area contributed by atoms with Gasteiger partial charge >= 0.3 is 17.6 Å². The highest BCUT2D eigenvalue weighted by Gasteiger charge is 2.22. The first-order chi connectivity index (χ1) is 9.86. The molecule has 0 fully saturated rings. The fourth-order valence-electron chi connectivity index (χ4n) is 1.65. The number of benzene rings is 1. The van der Waals surface area contributed by atoms with Crippen molar-refractivity contribution < 1.29 is 24.0 Å². The third-order valence-electron chi connectivity index (χ3n) is 2.49.